The number of pyridine rings is 1. The Morgan fingerprint density at radius 1 is 1.11 bits per heavy atom. The van der Waals surface area contributed by atoms with Crippen molar-refractivity contribution in [1.82, 2.24) is 14.6 Å². The number of fused-ring (bicyclic) bond motifs is 1. The minimum absolute atomic E-state index is 0.146. The molecular weight excluding hydrogens is 610 g/mol. The van der Waals surface area contributed by atoms with Crippen LogP contribution in [-0.4, -0.2) is 32.9 Å². The molecule has 0 bridgehead atoms. The van der Waals surface area contributed by atoms with Gasteiger partial charge in [-0.15, -0.1) is 0 Å². The smallest absolute Gasteiger partial charge is 0.287 e. The number of methoxy groups -OCH3 is 1. The number of halogens is 2. The largest absolute Gasteiger partial charge is 0.493 e. The van der Waals surface area contributed by atoms with Crippen molar-refractivity contribution in [2.75, 3.05) is 7.11 Å². The van der Waals surface area contributed by atoms with E-state index in [0.29, 0.717) is 38.3 Å². The molecule has 4 aromatic rings. The SMILES string of the molecule is COc1cc(C=Nn2c(C(C)(C)C)nc3ccc(Br)cc3c2=O)c(Br)cc1Oc1ccc([N+](=O)[O-])cn1. The van der Waals surface area contributed by atoms with E-state index < -0.39 is 10.3 Å². The molecule has 0 unspecified atom stereocenters. The van der Waals surface area contributed by atoms with Gasteiger partial charge in [0, 0.05) is 32.1 Å². The highest BCUT2D eigenvalue weighted by molar-refractivity contribution is 9.10. The minimum atomic E-state index is -0.539. The molecular formula is C25H21Br2N5O5. The lowest BCUT2D eigenvalue weighted by atomic mass is 9.95. The van der Waals surface area contributed by atoms with E-state index in [1.165, 1.54) is 30.1 Å². The normalized spacial score (nSPS) is 11.7. The Morgan fingerprint density at radius 3 is 2.49 bits per heavy atom. The summed E-state index contributed by atoms with van der Waals surface area (Å²) in [5.41, 5.74) is 0.310. The molecule has 4 rings (SSSR count). The third-order valence-electron chi connectivity index (χ3n) is 5.22. The van der Waals surface area contributed by atoms with Gasteiger partial charge < -0.3 is 9.47 Å². The molecule has 2 heterocycles. The second-order valence-electron chi connectivity index (χ2n) is 8.95. The number of ether oxygens (including phenoxy) is 2. The van der Waals surface area contributed by atoms with Crippen LogP contribution in [0.15, 0.2) is 67.5 Å². The lowest BCUT2D eigenvalue weighted by molar-refractivity contribution is -0.385. The maximum atomic E-state index is 13.4. The lowest BCUT2D eigenvalue weighted by Gasteiger charge is -2.21. The fraction of sp³-hybridized carbons (Fsp3) is 0.200. The average molecular weight is 631 g/mol. The zero-order chi connectivity index (χ0) is 26.9. The highest BCUT2D eigenvalue weighted by Gasteiger charge is 2.23. The number of nitro groups is 1. The van der Waals surface area contributed by atoms with E-state index in [1.807, 2.05) is 26.8 Å². The molecule has 0 radical (unpaired) electrons. The molecule has 10 nitrogen and oxygen atoms in total. The van der Waals surface area contributed by atoms with E-state index in [4.69, 9.17) is 14.5 Å². The van der Waals surface area contributed by atoms with Crippen molar-refractivity contribution in [2.45, 2.75) is 26.2 Å². The van der Waals surface area contributed by atoms with Crippen molar-refractivity contribution in [3.05, 3.63) is 89.5 Å². The Kier molecular flexibility index (Phi) is 7.42. The third kappa shape index (κ3) is 5.70. The van der Waals surface area contributed by atoms with Crippen LogP contribution in [0.4, 0.5) is 5.69 Å². The number of nitrogens with zero attached hydrogens (tertiary/aromatic N) is 5. The zero-order valence-corrected chi connectivity index (χ0v) is 23.4. The molecule has 0 aliphatic carbocycles. The van der Waals surface area contributed by atoms with E-state index >= 15 is 0 Å². The Hall–Kier alpha value is -3.64. The summed E-state index contributed by atoms with van der Waals surface area (Å²) in [5.74, 6) is 1.37. The van der Waals surface area contributed by atoms with Crippen LogP contribution in [0.1, 0.15) is 32.2 Å². The van der Waals surface area contributed by atoms with Crippen LogP contribution in [0, 0.1) is 10.1 Å². The molecule has 37 heavy (non-hydrogen) atoms. The van der Waals surface area contributed by atoms with Crippen LogP contribution in [0.2, 0.25) is 0 Å². The third-order valence-corrected chi connectivity index (χ3v) is 6.40. The Bertz CT molecular complexity index is 1590. The van der Waals surface area contributed by atoms with Gasteiger partial charge in [-0.2, -0.15) is 9.78 Å². The Labute approximate surface area is 228 Å². The predicted molar refractivity (Wildman–Crippen MR) is 147 cm³/mol. The first-order valence-electron chi connectivity index (χ1n) is 10.9. The topological polar surface area (TPSA) is 122 Å². The molecule has 2 aromatic heterocycles. The van der Waals surface area contributed by atoms with Crippen molar-refractivity contribution < 1.29 is 14.4 Å². The quantitative estimate of drug-likeness (QED) is 0.141. The molecule has 0 spiro atoms. The first-order valence-corrected chi connectivity index (χ1v) is 12.5. The fourth-order valence-corrected chi connectivity index (χ4v) is 4.19. The van der Waals surface area contributed by atoms with E-state index in [1.54, 1.807) is 24.3 Å². The van der Waals surface area contributed by atoms with Gasteiger partial charge in [-0.3, -0.25) is 14.9 Å². The van der Waals surface area contributed by atoms with Crippen molar-refractivity contribution in [3.8, 4) is 17.4 Å². The summed E-state index contributed by atoms with van der Waals surface area (Å²) in [5, 5.41) is 15.8. The van der Waals surface area contributed by atoms with Gasteiger partial charge in [0.05, 0.1) is 29.2 Å². The van der Waals surface area contributed by atoms with Gasteiger partial charge in [-0.1, -0.05) is 36.7 Å². The maximum Gasteiger partial charge on any atom is 0.287 e. The number of rotatable bonds is 6. The van der Waals surface area contributed by atoms with Gasteiger partial charge >= 0.3 is 0 Å². The summed E-state index contributed by atoms with van der Waals surface area (Å²) in [6.45, 7) is 5.88. The lowest BCUT2D eigenvalue weighted by Crippen LogP contribution is -2.29. The van der Waals surface area contributed by atoms with E-state index in [2.05, 4.69) is 41.9 Å². The summed E-state index contributed by atoms with van der Waals surface area (Å²) >= 11 is 6.92. The summed E-state index contributed by atoms with van der Waals surface area (Å²) < 4.78 is 13.9. The molecule has 0 saturated carbocycles. The van der Waals surface area contributed by atoms with Gasteiger partial charge in [0.1, 0.15) is 12.0 Å². The Balaban J connectivity index is 1.74. The van der Waals surface area contributed by atoms with Crippen LogP contribution in [0.3, 0.4) is 0 Å². The molecule has 190 valence electrons. The monoisotopic (exact) mass is 629 g/mol. The van der Waals surface area contributed by atoms with Crippen molar-refractivity contribution >= 4 is 54.7 Å². The molecule has 0 aliphatic rings. The van der Waals surface area contributed by atoms with Crippen LogP contribution in [0.5, 0.6) is 17.4 Å². The fourth-order valence-electron chi connectivity index (χ4n) is 3.40. The first-order chi connectivity index (χ1) is 17.5. The molecule has 2 aromatic carbocycles. The van der Waals surface area contributed by atoms with Crippen LogP contribution in [-0.2, 0) is 5.41 Å². The summed E-state index contributed by atoms with van der Waals surface area (Å²) in [6.07, 6.45) is 2.64. The average Bonchev–Trinajstić information content (AvgIpc) is 2.84. The molecule has 0 atom stereocenters. The highest BCUT2D eigenvalue weighted by atomic mass is 79.9. The van der Waals surface area contributed by atoms with E-state index in [9.17, 15) is 14.9 Å². The van der Waals surface area contributed by atoms with Gasteiger partial charge in [0.15, 0.2) is 11.5 Å². The maximum absolute atomic E-state index is 13.4. The zero-order valence-electron chi connectivity index (χ0n) is 20.2. The van der Waals surface area contributed by atoms with Crippen molar-refractivity contribution in [2.24, 2.45) is 5.10 Å². The van der Waals surface area contributed by atoms with Gasteiger partial charge in [0.2, 0.25) is 5.88 Å². The number of hydrogen-bond acceptors (Lipinski definition) is 8. The second kappa shape index (κ2) is 10.4. The molecule has 0 amide bonds. The van der Waals surface area contributed by atoms with E-state index in [-0.39, 0.29) is 17.1 Å². The molecule has 0 saturated heterocycles. The number of benzene rings is 2. The van der Waals surface area contributed by atoms with E-state index in [0.717, 1.165) is 10.7 Å². The first kappa shape index (κ1) is 26.4. The molecule has 0 N–H and O–H groups in total. The van der Waals surface area contributed by atoms with Gasteiger partial charge in [-0.25, -0.2) is 9.97 Å². The molecule has 0 aliphatic heterocycles. The predicted octanol–water partition coefficient (Wildman–Crippen LogP) is 6.21. The van der Waals surface area contributed by atoms with Gasteiger partial charge in [0.25, 0.3) is 11.2 Å². The van der Waals surface area contributed by atoms with Gasteiger partial charge in [-0.05, 0) is 46.3 Å². The standard InChI is InChI=1S/C25H21Br2N5O5/c1-25(2,3)24-30-19-7-5-15(26)10-17(19)23(33)31(24)29-12-14-9-20(36-4)21(11-18(14)27)37-22-8-6-16(13-28-22)32(34)35/h5-13H,1-4H3. The summed E-state index contributed by atoms with van der Waals surface area (Å²) in [7, 11) is 1.48. The number of hydrogen-bond donors (Lipinski definition) is 0. The Morgan fingerprint density at radius 2 is 1.86 bits per heavy atom. The number of aromatic nitrogens is 3. The van der Waals surface area contributed by atoms with Crippen molar-refractivity contribution in [3.63, 3.8) is 0 Å². The van der Waals surface area contributed by atoms with Crippen LogP contribution < -0.4 is 15.0 Å². The summed E-state index contributed by atoms with van der Waals surface area (Å²) in [4.78, 5) is 32.4. The molecule has 12 heteroatoms. The minimum Gasteiger partial charge on any atom is -0.493 e. The van der Waals surface area contributed by atoms with Crippen LogP contribution in [0.25, 0.3) is 10.9 Å². The summed E-state index contributed by atoms with van der Waals surface area (Å²) in [6, 6.07) is 11.4. The van der Waals surface area contributed by atoms with Crippen LogP contribution >= 0.6 is 31.9 Å². The second-order valence-corrected chi connectivity index (χ2v) is 10.7. The highest BCUT2D eigenvalue weighted by Crippen LogP contribution is 2.36. The van der Waals surface area contributed by atoms with Crippen molar-refractivity contribution in [1.29, 1.82) is 0 Å². The molecule has 0 fully saturated rings.